The lowest BCUT2D eigenvalue weighted by Gasteiger charge is -2.02. The van der Waals surface area contributed by atoms with Crippen LogP contribution in [-0.4, -0.2) is 16.1 Å². The van der Waals surface area contributed by atoms with Crippen LogP contribution in [0.15, 0.2) is 12.3 Å². The molecule has 1 aliphatic rings. The number of pyridine rings is 1. The Kier molecular flexibility index (Phi) is 1.79. The first-order chi connectivity index (χ1) is 6.18. The molecule has 13 heavy (non-hydrogen) atoms. The summed E-state index contributed by atoms with van der Waals surface area (Å²) in [7, 11) is 0. The zero-order valence-corrected chi connectivity index (χ0v) is 7.45. The number of carboxylic acids is 1. The Morgan fingerprint density at radius 3 is 2.77 bits per heavy atom. The number of carbonyl (C=O) groups is 1. The summed E-state index contributed by atoms with van der Waals surface area (Å²) in [5.74, 6) is -0.311. The average Bonchev–Trinajstić information content (AvgIpc) is 2.85. The van der Waals surface area contributed by atoms with Crippen LogP contribution in [0.3, 0.4) is 0 Å². The molecule has 0 aliphatic heterocycles. The van der Waals surface area contributed by atoms with Gasteiger partial charge in [-0.1, -0.05) is 0 Å². The highest BCUT2D eigenvalue weighted by Crippen LogP contribution is 2.39. The summed E-state index contributed by atoms with van der Waals surface area (Å²) in [5.41, 5.74) is 2.16. The van der Waals surface area contributed by atoms with E-state index in [1.165, 1.54) is 19.0 Å². The Morgan fingerprint density at radius 1 is 1.62 bits per heavy atom. The van der Waals surface area contributed by atoms with Crippen molar-refractivity contribution in [3.8, 4) is 0 Å². The molecule has 68 valence electrons. The van der Waals surface area contributed by atoms with Gasteiger partial charge in [-0.3, -0.25) is 4.98 Å². The van der Waals surface area contributed by atoms with Gasteiger partial charge in [0, 0.05) is 17.8 Å². The molecule has 0 saturated heterocycles. The Balaban J connectivity index is 2.36. The Labute approximate surface area is 76.4 Å². The highest BCUT2D eigenvalue weighted by atomic mass is 16.4. The molecular formula is C10H11NO2. The summed E-state index contributed by atoms with van der Waals surface area (Å²) < 4.78 is 0. The van der Waals surface area contributed by atoms with Crippen LogP contribution in [0.5, 0.6) is 0 Å². The van der Waals surface area contributed by atoms with Crippen molar-refractivity contribution >= 4 is 5.97 Å². The monoisotopic (exact) mass is 177 g/mol. The van der Waals surface area contributed by atoms with Crippen LogP contribution in [0.2, 0.25) is 0 Å². The smallest absolute Gasteiger partial charge is 0.337 e. The van der Waals surface area contributed by atoms with Crippen molar-refractivity contribution in [3.63, 3.8) is 0 Å². The lowest BCUT2D eigenvalue weighted by molar-refractivity contribution is 0.0695. The van der Waals surface area contributed by atoms with Crippen molar-refractivity contribution in [3.05, 3.63) is 29.1 Å². The van der Waals surface area contributed by atoms with Gasteiger partial charge in [-0.15, -0.1) is 0 Å². The summed E-state index contributed by atoms with van der Waals surface area (Å²) in [6.07, 6.45) is 3.85. The van der Waals surface area contributed by atoms with E-state index in [1.54, 1.807) is 0 Å². The first kappa shape index (κ1) is 8.23. The summed E-state index contributed by atoms with van der Waals surface area (Å²) in [6, 6.07) is 1.89. The number of nitrogens with zero attached hydrogens (tertiary/aromatic N) is 1. The van der Waals surface area contributed by atoms with Crippen LogP contribution in [0.4, 0.5) is 0 Å². The number of carboxylic acid groups (broad SMARTS) is 1. The topological polar surface area (TPSA) is 50.2 Å². The third kappa shape index (κ3) is 1.54. The molecule has 0 aromatic carbocycles. The second-order valence-corrected chi connectivity index (χ2v) is 3.50. The lowest BCUT2D eigenvalue weighted by atomic mass is 10.1. The van der Waals surface area contributed by atoms with Crippen LogP contribution in [0.25, 0.3) is 0 Å². The predicted octanol–water partition coefficient (Wildman–Crippen LogP) is 1.97. The van der Waals surface area contributed by atoms with Gasteiger partial charge < -0.3 is 5.11 Å². The molecule has 1 fully saturated rings. The Bertz CT molecular complexity index is 356. The molecule has 0 amide bonds. The number of aromatic nitrogens is 1. The van der Waals surface area contributed by atoms with Gasteiger partial charge in [-0.05, 0) is 31.4 Å². The van der Waals surface area contributed by atoms with E-state index in [9.17, 15) is 4.79 Å². The van der Waals surface area contributed by atoms with E-state index in [2.05, 4.69) is 4.98 Å². The van der Waals surface area contributed by atoms with E-state index in [0.29, 0.717) is 11.5 Å². The number of hydrogen-bond acceptors (Lipinski definition) is 2. The van der Waals surface area contributed by atoms with E-state index in [4.69, 9.17) is 5.11 Å². The molecular weight excluding hydrogens is 166 g/mol. The highest BCUT2D eigenvalue weighted by molar-refractivity contribution is 5.88. The van der Waals surface area contributed by atoms with Gasteiger partial charge in [-0.2, -0.15) is 0 Å². The molecule has 1 saturated carbocycles. The van der Waals surface area contributed by atoms with Crippen molar-refractivity contribution in [2.24, 2.45) is 0 Å². The molecule has 3 nitrogen and oxygen atoms in total. The van der Waals surface area contributed by atoms with Crippen LogP contribution in [0.1, 0.15) is 40.4 Å². The largest absolute Gasteiger partial charge is 0.478 e. The highest BCUT2D eigenvalue weighted by Gasteiger charge is 2.25. The third-order valence-corrected chi connectivity index (χ3v) is 2.36. The molecule has 0 spiro atoms. The van der Waals surface area contributed by atoms with Gasteiger partial charge in [0.2, 0.25) is 0 Å². The molecule has 0 atom stereocenters. The van der Waals surface area contributed by atoms with Crippen LogP contribution >= 0.6 is 0 Å². The number of aromatic carboxylic acids is 1. The minimum absolute atomic E-state index is 0.310. The standard InChI is InChI=1S/C10H11NO2/c1-6-4-9(7-2-3-7)11-5-8(6)10(12)13/h4-5,7H,2-3H2,1H3,(H,12,13). The van der Waals surface area contributed by atoms with Crippen molar-refractivity contribution < 1.29 is 9.90 Å². The molecule has 0 bridgehead atoms. The molecule has 1 aromatic heterocycles. The fourth-order valence-electron chi connectivity index (χ4n) is 1.40. The Morgan fingerprint density at radius 2 is 2.31 bits per heavy atom. The molecule has 0 unspecified atom stereocenters. The molecule has 0 radical (unpaired) electrons. The molecule has 1 heterocycles. The summed E-state index contributed by atoms with van der Waals surface area (Å²) in [4.78, 5) is 14.8. The molecule has 1 aliphatic carbocycles. The van der Waals surface area contributed by atoms with Crippen LogP contribution in [0, 0.1) is 6.92 Å². The second kappa shape index (κ2) is 2.83. The minimum atomic E-state index is -0.896. The predicted molar refractivity (Wildman–Crippen MR) is 47.9 cm³/mol. The van der Waals surface area contributed by atoms with Crippen molar-refractivity contribution in [2.75, 3.05) is 0 Å². The SMILES string of the molecule is Cc1cc(C2CC2)ncc1C(=O)O. The van der Waals surface area contributed by atoms with Gasteiger partial charge >= 0.3 is 5.97 Å². The fourth-order valence-corrected chi connectivity index (χ4v) is 1.40. The molecule has 1 aromatic rings. The first-order valence-corrected chi connectivity index (χ1v) is 4.38. The van der Waals surface area contributed by atoms with E-state index < -0.39 is 5.97 Å². The summed E-state index contributed by atoms with van der Waals surface area (Å²) in [6.45, 7) is 1.82. The number of rotatable bonds is 2. The van der Waals surface area contributed by atoms with Crippen molar-refractivity contribution in [1.82, 2.24) is 4.98 Å². The second-order valence-electron chi connectivity index (χ2n) is 3.50. The maximum Gasteiger partial charge on any atom is 0.337 e. The van der Waals surface area contributed by atoms with Crippen LogP contribution < -0.4 is 0 Å². The zero-order valence-electron chi connectivity index (χ0n) is 7.45. The van der Waals surface area contributed by atoms with Crippen molar-refractivity contribution in [1.29, 1.82) is 0 Å². The molecule has 2 rings (SSSR count). The minimum Gasteiger partial charge on any atom is -0.478 e. The number of aryl methyl sites for hydroxylation is 1. The van der Waals surface area contributed by atoms with Gasteiger partial charge in [-0.25, -0.2) is 4.79 Å². The Hall–Kier alpha value is -1.38. The van der Waals surface area contributed by atoms with Gasteiger partial charge in [0.25, 0.3) is 0 Å². The van der Waals surface area contributed by atoms with E-state index in [1.807, 2.05) is 13.0 Å². The van der Waals surface area contributed by atoms with Gasteiger partial charge in [0.1, 0.15) is 0 Å². The zero-order chi connectivity index (χ0) is 9.42. The van der Waals surface area contributed by atoms with Crippen molar-refractivity contribution in [2.45, 2.75) is 25.7 Å². The maximum atomic E-state index is 10.7. The normalized spacial score (nSPS) is 15.8. The average molecular weight is 177 g/mol. The summed E-state index contributed by atoms with van der Waals surface area (Å²) >= 11 is 0. The number of hydrogen-bond donors (Lipinski definition) is 1. The molecule has 3 heteroatoms. The van der Waals surface area contributed by atoms with E-state index in [-0.39, 0.29) is 0 Å². The fraction of sp³-hybridized carbons (Fsp3) is 0.400. The molecule has 1 N–H and O–H groups in total. The third-order valence-electron chi connectivity index (χ3n) is 2.36. The van der Waals surface area contributed by atoms with E-state index >= 15 is 0 Å². The van der Waals surface area contributed by atoms with E-state index in [0.717, 1.165) is 11.3 Å². The van der Waals surface area contributed by atoms with Crippen LogP contribution in [-0.2, 0) is 0 Å². The first-order valence-electron chi connectivity index (χ1n) is 4.38. The van der Waals surface area contributed by atoms with Gasteiger partial charge in [0.15, 0.2) is 0 Å². The van der Waals surface area contributed by atoms with Gasteiger partial charge in [0.05, 0.1) is 5.56 Å². The maximum absolute atomic E-state index is 10.7. The lowest BCUT2D eigenvalue weighted by Crippen LogP contribution is -2.02. The summed E-state index contributed by atoms with van der Waals surface area (Å²) in [5, 5.41) is 8.77. The quantitative estimate of drug-likeness (QED) is 0.751.